The molecule has 0 aromatic heterocycles. The lowest BCUT2D eigenvalue weighted by Crippen LogP contribution is -2.54. The highest BCUT2D eigenvalue weighted by atomic mass is 127. The second-order valence-electron chi connectivity index (χ2n) is 8.36. The number of halogens is 1. The number of aryl methyl sites for hydroxylation is 1. The maximum absolute atomic E-state index is 13.2. The van der Waals surface area contributed by atoms with Gasteiger partial charge in [0.05, 0.1) is 9.26 Å². The van der Waals surface area contributed by atoms with Crippen molar-refractivity contribution >= 4 is 63.0 Å². The van der Waals surface area contributed by atoms with Gasteiger partial charge < -0.3 is 4.74 Å². The molecule has 6 nitrogen and oxygen atoms in total. The molecular formula is C29H21IN2O4. The fourth-order valence-electron chi connectivity index (χ4n) is 4.16. The summed E-state index contributed by atoms with van der Waals surface area (Å²) in [7, 11) is 0. The van der Waals surface area contributed by atoms with Gasteiger partial charge in [-0.25, -0.2) is 9.69 Å². The third-order valence-corrected chi connectivity index (χ3v) is 6.83. The first-order valence-electron chi connectivity index (χ1n) is 11.3. The number of imide groups is 2. The van der Waals surface area contributed by atoms with Gasteiger partial charge >= 0.3 is 6.03 Å². The number of ether oxygens (including phenoxy) is 1. The van der Waals surface area contributed by atoms with Crippen LogP contribution in [-0.2, 0) is 16.2 Å². The van der Waals surface area contributed by atoms with E-state index >= 15 is 0 Å². The predicted octanol–water partition coefficient (Wildman–Crippen LogP) is 6.00. The highest BCUT2D eigenvalue weighted by molar-refractivity contribution is 14.1. The van der Waals surface area contributed by atoms with Crippen LogP contribution in [-0.4, -0.2) is 17.8 Å². The Morgan fingerprint density at radius 2 is 1.67 bits per heavy atom. The molecule has 1 N–H and O–H groups in total. The number of nitrogens with zero attached hydrogens (tertiary/aromatic N) is 1. The predicted molar refractivity (Wildman–Crippen MR) is 148 cm³/mol. The number of fused-ring (bicyclic) bond motifs is 1. The van der Waals surface area contributed by atoms with Crippen LogP contribution >= 0.6 is 22.6 Å². The molecule has 1 aliphatic rings. The van der Waals surface area contributed by atoms with E-state index in [1.165, 1.54) is 6.08 Å². The number of barbiturate groups is 1. The van der Waals surface area contributed by atoms with E-state index in [9.17, 15) is 14.4 Å². The average Bonchev–Trinajstić information content (AvgIpc) is 2.87. The molecule has 5 rings (SSSR count). The Morgan fingerprint density at radius 3 is 2.47 bits per heavy atom. The lowest BCUT2D eigenvalue weighted by Gasteiger charge is -2.27. The number of hydrogen-bond acceptors (Lipinski definition) is 4. The van der Waals surface area contributed by atoms with E-state index in [-0.39, 0.29) is 5.57 Å². The second-order valence-corrected chi connectivity index (χ2v) is 9.52. The maximum atomic E-state index is 13.2. The van der Waals surface area contributed by atoms with Crippen LogP contribution in [0, 0.1) is 10.5 Å². The summed E-state index contributed by atoms with van der Waals surface area (Å²) in [5, 5.41) is 4.57. The molecule has 1 aliphatic heterocycles. The van der Waals surface area contributed by atoms with Gasteiger partial charge in [-0.15, -0.1) is 0 Å². The number of benzene rings is 4. The van der Waals surface area contributed by atoms with Gasteiger partial charge in [-0.05, 0) is 81.3 Å². The molecule has 4 aromatic carbocycles. The minimum Gasteiger partial charge on any atom is -0.488 e. The van der Waals surface area contributed by atoms with Crippen LogP contribution in [0.1, 0.15) is 16.7 Å². The molecule has 7 heteroatoms. The zero-order chi connectivity index (χ0) is 25.2. The highest BCUT2D eigenvalue weighted by Gasteiger charge is 2.37. The second kappa shape index (κ2) is 9.94. The molecule has 0 aliphatic carbocycles. The van der Waals surface area contributed by atoms with Crippen molar-refractivity contribution in [2.24, 2.45) is 0 Å². The quantitative estimate of drug-likeness (QED) is 0.176. The van der Waals surface area contributed by atoms with Crippen molar-refractivity contribution < 1.29 is 19.1 Å². The Bertz CT molecular complexity index is 1550. The van der Waals surface area contributed by atoms with Gasteiger partial charge in [0.2, 0.25) is 0 Å². The summed E-state index contributed by atoms with van der Waals surface area (Å²) in [5.74, 6) is -0.688. The van der Waals surface area contributed by atoms with Gasteiger partial charge in [0.1, 0.15) is 17.9 Å². The molecule has 36 heavy (non-hydrogen) atoms. The maximum Gasteiger partial charge on any atom is 0.335 e. The van der Waals surface area contributed by atoms with Crippen LogP contribution in [0.2, 0.25) is 0 Å². The fraction of sp³-hybridized carbons (Fsp3) is 0.0690. The number of urea groups is 1. The molecule has 0 spiro atoms. The summed E-state index contributed by atoms with van der Waals surface area (Å²) >= 11 is 2.17. The summed E-state index contributed by atoms with van der Waals surface area (Å²) in [5.41, 5.74) is 2.80. The zero-order valence-corrected chi connectivity index (χ0v) is 21.5. The monoisotopic (exact) mass is 588 g/mol. The summed E-state index contributed by atoms with van der Waals surface area (Å²) in [6.07, 6.45) is 1.49. The molecule has 0 saturated carbocycles. The van der Waals surface area contributed by atoms with Gasteiger partial charge in [-0.3, -0.25) is 14.9 Å². The third kappa shape index (κ3) is 4.61. The van der Waals surface area contributed by atoms with E-state index in [0.717, 1.165) is 30.4 Å². The number of carbonyl (C=O) groups is 3. The largest absolute Gasteiger partial charge is 0.488 e. The van der Waals surface area contributed by atoms with E-state index in [0.29, 0.717) is 23.6 Å². The Labute approximate surface area is 221 Å². The normalized spacial score (nSPS) is 14.9. The molecule has 0 atom stereocenters. The Balaban J connectivity index is 1.39. The van der Waals surface area contributed by atoms with Gasteiger partial charge in [0.25, 0.3) is 11.8 Å². The zero-order valence-electron chi connectivity index (χ0n) is 19.3. The molecule has 1 fully saturated rings. The lowest BCUT2D eigenvalue weighted by atomic mass is 10.1. The summed E-state index contributed by atoms with van der Waals surface area (Å²) in [6.45, 7) is 2.21. The first-order valence-corrected chi connectivity index (χ1v) is 12.4. The van der Waals surface area contributed by atoms with Crippen molar-refractivity contribution in [3.8, 4) is 5.75 Å². The van der Waals surface area contributed by atoms with Gasteiger partial charge in [-0.2, -0.15) is 0 Å². The topological polar surface area (TPSA) is 75.7 Å². The Kier molecular flexibility index (Phi) is 6.56. The molecule has 1 saturated heterocycles. The average molecular weight is 588 g/mol. The highest BCUT2D eigenvalue weighted by Crippen LogP contribution is 2.28. The fourth-order valence-corrected chi connectivity index (χ4v) is 4.85. The minimum atomic E-state index is -0.761. The van der Waals surface area contributed by atoms with Crippen molar-refractivity contribution in [2.75, 3.05) is 4.90 Å². The van der Waals surface area contributed by atoms with E-state index in [1.807, 2.05) is 42.5 Å². The number of anilines is 1. The summed E-state index contributed by atoms with van der Waals surface area (Å²) < 4.78 is 6.92. The molecule has 0 unspecified atom stereocenters. The smallest absolute Gasteiger partial charge is 0.335 e. The molecular weight excluding hydrogens is 567 g/mol. The number of amides is 4. The van der Waals surface area contributed by atoms with Gasteiger partial charge in [0, 0.05) is 0 Å². The van der Waals surface area contributed by atoms with Gasteiger partial charge in [-0.1, -0.05) is 66.7 Å². The van der Waals surface area contributed by atoms with Crippen molar-refractivity contribution in [3.05, 3.63) is 111 Å². The molecule has 1 heterocycles. The first-order chi connectivity index (χ1) is 17.4. The van der Waals surface area contributed by atoms with E-state index in [2.05, 4.69) is 46.1 Å². The Hall–Kier alpha value is -3.98. The van der Waals surface area contributed by atoms with E-state index < -0.39 is 17.8 Å². The van der Waals surface area contributed by atoms with Crippen LogP contribution in [0.5, 0.6) is 5.75 Å². The van der Waals surface area contributed by atoms with E-state index in [4.69, 9.17) is 4.74 Å². The molecule has 4 aromatic rings. The number of nitrogens with one attached hydrogen (secondary N) is 1. The van der Waals surface area contributed by atoms with Crippen molar-refractivity contribution in [1.82, 2.24) is 5.32 Å². The standard InChI is InChI=1S/C29H21IN2O4/c1-18-7-2-5-12-25(18)32-28(34)23(27(33)31-29(32)35)15-19-13-14-26(24(30)16-19)36-17-21-10-6-9-20-8-3-4-11-22(20)21/h2-16H,17H2,1H3,(H,31,33,35)/b23-15+. The first kappa shape index (κ1) is 23.7. The third-order valence-electron chi connectivity index (χ3n) is 5.99. The molecule has 4 amide bonds. The molecule has 0 radical (unpaired) electrons. The SMILES string of the molecule is Cc1ccccc1N1C(=O)NC(=O)/C(=C\c2ccc(OCc3cccc4ccccc34)c(I)c2)C1=O. The summed E-state index contributed by atoms with van der Waals surface area (Å²) in [4.78, 5) is 39.2. The number of rotatable bonds is 5. The van der Waals surface area contributed by atoms with Gasteiger partial charge in [0.15, 0.2) is 0 Å². The number of para-hydroxylation sites is 1. The number of hydrogen-bond donors (Lipinski definition) is 1. The lowest BCUT2D eigenvalue weighted by molar-refractivity contribution is -0.122. The number of carbonyl (C=O) groups excluding carboxylic acids is 3. The van der Waals surface area contributed by atoms with Crippen molar-refractivity contribution in [2.45, 2.75) is 13.5 Å². The van der Waals surface area contributed by atoms with Crippen LogP contribution < -0.4 is 15.0 Å². The minimum absolute atomic E-state index is 0.113. The van der Waals surface area contributed by atoms with Crippen LogP contribution in [0.4, 0.5) is 10.5 Å². The van der Waals surface area contributed by atoms with Crippen molar-refractivity contribution in [3.63, 3.8) is 0 Å². The van der Waals surface area contributed by atoms with E-state index in [1.54, 1.807) is 31.2 Å². The van der Waals surface area contributed by atoms with Crippen LogP contribution in [0.15, 0.2) is 90.5 Å². The van der Waals surface area contributed by atoms with Crippen molar-refractivity contribution in [1.29, 1.82) is 0 Å². The molecule has 0 bridgehead atoms. The molecule has 178 valence electrons. The Morgan fingerprint density at radius 1 is 0.917 bits per heavy atom. The van der Waals surface area contributed by atoms with Crippen LogP contribution in [0.25, 0.3) is 16.8 Å². The summed E-state index contributed by atoms with van der Waals surface area (Å²) in [6, 6.07) is 26.0. The van der Waals surface area contributed by atoms with Crippen LogP contribution in [0.3, 0.4) is 0 Å².